The second-order valence-electron chi connectivity index (χ2n) is 30.3. The lowest BCUT2D eigenvalue weighted by Gasteiger charge is -2.48. The molecule has 3 aliphatic rings. The Morgan fingerprint density at radius 1 is 0.323 bits per heavy atom. The van der Waals surface area contributed by atoms with Gasteiger partial charge in [-0.1, -0.05) is 354 Å². The maximum absolute atomic E-state index is 13.5. The molecule has 0 bridgehead atoms. The molecule has 3 fully saturated rings. The van der Waals surface area contributed by atoms with Gasteiger partial charge in [0.05, 0.1) is 38.6 Å². The number of amides is 1. The van der Waals surface area contributed by atoms with Gasteiger partial charge in [-0.3, -0.25) is 4.79 Å². The highest BCUT2D eigenvalue weighted by Gasteiger charge is 2.54. The minimum atomic E-state index is -1.97. The van der Waals surface area contributed by atoms with Crippen LogP contribution in [0.5, 0.6) is 0 Å². The van der Waals surface area contributed by atoms with Crippen molar-refractivity contribution in [3.05, 3.63) is 0 Å². The summed E-state index contributed by atoms with van der Waals surface area (Å²) in [7, 11) is 0. The third-order valence-electron chi connectivity index (χ3n) is 21.4. The molecular formula is C80H155NO18. The van der Waals surface area contributed by atoms with Crippen LogP contribution in [-0.4, -0.2) is 193 Å². The SMILES string of the molecule is CCCCCCCCCCCCCCCCCCCCCCCCCCCCCCCCCCCCCC(=O)NC(COC1OC(CO)C(OC2OC(CO)C(OC3OC(CO)C(O)C(O)C3O)C(O)C2O)C(O)C1O)C(O)CCCCCCCCCCCCCCCCCCCCC. The molecule has 1 amide bonds. The predicted molar refractivity (Wildman–Crippen MR) is 393 cm³/mol. The lowest BCUT2D eigenvalue weighted by atomic mass is 9.96. The predicted octanol–water partition coefficient (Wildman–Crippen LogP) is 14.2. The Labute approximate surface area is 602 Å². The summed E-state index contributed by atoms with van der Waals surface area (Å²) in [5.74, 6) is -0.232. The van der Waals surface area contributed by atoms with E-state index < -0.39 is 124 Å². The van der Waals surface area contributed by atoms with Gasteiger partial charge in [-0.25, -0.2) is 0 Å². The van der Waals surface area contributed by atoms with Crippen molar-refractivity contribution in [3.8, 4) is 0 Å². The Balaban J connectivity index is 1.31. The average Bonchev–Trinajstić information content (AvgIpc) is 0.784. The van der Waals surface area contributed by atoms with Gasteiger partial charge in [0.15, 0.2) is 18.9 Å². The minimum absolute atomic E-state index is 0.232. The van der Waals surface area contributed by atoms with Gasteiger partial charge in [0.2, 0.25) is 5.91 Å². The quantitative estimate of drug-likeness (QED) is 0.0252. The van der Waals surface area contributed by atoms with Crippen LogP contribution in [0, 0.1) is 0 Å². The second kappa shape index (κ2) is 61.9. The van der Waals surface area contributed by atoms with E-state index in [0.29, 0.717) is 12.8 Å². The normalized spacial score (nSPS) is 26.5. The van der Waals surface area contributed by atoms with E-state index in [1.54, 1.807) is 0 Å². The molecule has 3 heterocycles. The van der Waals surface area contributed by atoms with Crippen molar-refractivity contribution in [2.75, 3.05) is 26.4 Å². The molecule has 0 aromatic heterocycles. The highest BCUT2D eigenvalue weighted by molar-refractivity contribution is 5.76. The number of hydrogen-bond donors (Lipinski definition) is 12. The van der Waals surface area contributed by atoms with Gasteiger partial charge in [-0.15, -0.1) is 0 Å². The summed E-state index contributed by atoms with van der Waals surface area (Å²) in [5.41, 5.74) is 0. The van der Waals surface area contributed by atoms with Gasteiger partial charge in [-0.05, 0) is 12.8 Å². The smallest absolute Gasteiger partial charge is 0.220 e. The molecule has 19 nitrogen and oxygen atoms in total. The van der Waals surface area contributed by atoms with E-state index in [4.69, 9.17) is 28.4 Å². The molecule has 588 valence electrons. The Morgan fingerprint density at radius 3 is 0.879 bits per heavy atom. The number of carbonyl (C=O) groups is 1. The number of unbranched alkanes of at least 4 members (excludes halogenated alkanes) is 52. The highest BCUT2D eigenvalue weighted by Crippen LogP contribution is 2.34. The molecule has 0 spiro atoms. The Morgan fingerprint density at radius 2 is 0.576 bits per heavy atom. The van der Waals surface area contributed by atoms with Gasteiger partial charge in [0.1, 0.15) is 73.2 Å². The number of nitrogens with one attached hydrogen (secondary N) is 1. The lowest BCUT2D eigenvalue weighted by Crippen LogP contribution is -2.66. The summed E-state index contributed by atoms with van der Waals surface area (Å²) in [4.78, 5) is 13.5. The van der Waals surface area contributed by atoms with Crippen LogP contribution in [0.3, 0.4) is 0 Å². The van der Waals surface area contributed by atoms with E-state index in [2.05, 4.69) is 19.2 Å². The van der Waals surface area contributed by atoms with Crippen LogP contribution in [0.4, 0.5) is 0 Å². The molecule has 17 unspecified atom stereocenters. The number of hydrogen-bond acceptors (Lipinski definition) is 18. The Hall–Kier alpha value is -1.21. The monoisotopic (exact) mass is 1420 g/mol. The molecule has 0 aromatic carbocycles. The fraction of sp³-hybridized carbons (Fsp3) is 0.988. The molecule has 17 atom stereocenters. The zero-order valence-corrected chi connectivity index (χ0v) is 63.0. The van der Waals surface area contributed by atoms with Crippen LogP contribution in [0.15, 0.2) is 0 Å². The Kier molecular flexibility index (Phi) is 57.5. The first-order chi connectivity index (χ1) is 48.3. The Bertz CT molecular complexity index is 1790. The van der Waals surface area contributed by atoms with Crippen molar-refractivity contribution < 1.29 is 89.4 Å². The summed E-state index contributed by atoms with van der Waals surface area (Å²) in [6, 6.07) is -0.883. The van der Waals surface area contributed by atoms with Crippen LogP contribution >= 0.6 is 0 Å². The minimum Gasteiger partial charge on any atom is -0.394 e. The van der Waals surface area contributed by atoms with Gasteiger partial charge in [0, 0.05) is 6.42 Å². The fourth-order valence-corrected chi connectivity index (χ4v) is 14.7. The molecular weight excluding hydrogens is 1260 g/mol. The summed E-state index contributed by atoms with van der Waals surface area (Å²) in [6.45, 7) is 1.87. The van der Waals surface area contributed by atoms with Crippen molar-refractivity contribution in [3.63, 3.8) is 0 Å². The van der Waals surface area contributed by atoms with E-state index in [1.807, 2.05) is 0 Å². The molecule has 3 rings (SSSR count). The molecule has 0 aliphatic carbocycles. The van der Waals surface area contributed by atoms with Gasteiger partial charge in [0.25, 0.3) is 0 Å². The van der Waals surface area contributed by atoms with Crippen molar-refractivity contribution in [1.82, 2.24) is 5.32 Å². The first-order valence-electron chi connectivity index (χ1n) is 41.8. The lowest BCUT2D eigenvalue weighted by molar-refractivity contribution is -0.379. The van der Waals surface area contributed by atoms with Crippen LogP contribution in [0.1, 0.15) is 373 Å². The molecule has 99 heavy (non-hydrogen) atoms. The summed E-state index contributed by atoms with van der Waals surface area (Å²) in [6.07, 6.45) is 45.0. The summed E-state index contributed by atoms with van der Waals surface area (Å²) in [5, 5.41) is 121. The molecule has 19 heteroatoms. The van der Waals surface area contributed by atoms with Crippen molar-refractivity contribution in [2.24, 2.45) is 0 Å². The van der Waals surface area contributed by atoms with E-state index in [-0.39, 0.29) is 18.9 Å². The average molecular weight is 1420 g/mol. The topological polar surface area (TPSA) is 307 Å². The van der Waals surface area contributed by atoms with E-state index in [0.717, 1.165) is 44.9 Å². The van der Waals surface area contributed by atoms with Crippen molar-refractivity contribution in [1.29, 1.82) is 0 Å². The molecule has 0 aromatic rings. The van der Waals surface area contributed by atoms with E-state index >= 15 is 0 Å². The van der Waals surface area contributed by atoms with Crippen molar-refractivity contribution >= 4 is 5.91 Å². The standard InChI is InChI=1S/C80H155NO18/c1-3-5-7-9-11-13-15-17-19-21-23-24-25-26-27-28-29-30-31-32-33-34-35-36-37-38-40-42-44-46-48-50-52-54-56-58-68(86)81-63(64(85)57-55-53-51-49-47-45-43-41-39-22-20-18-16-14-12-10-8-6-4-2)62-94-78-74(92)71(89)76(66(60-83)96-78)99-80-75(93)72(90)77(67(61-84)97-80)98-79-73(91)70(88)69(87)65(59-82)95-79/h63-67,69-80,82-85,87-93H,3-62H2,1-2H3,(H,81,86). The van der Waals surface area contributed by atoms with Gasteiger partial charge >= 0.3 is 0 Å². The van der Waals surface area contributed by atoms with Crippen LogP contribution in [0.2, 0.25) is 0 Å². The maximum Gasteiger partial charge on any atom is 0.220 e. The molecule has 3 saturated heterocycles. The van der Waals surface area contributed by atoms with Crippen molar-refractivity contribution in [2.45, 2.75) is 478 Å². The number of rotatable bonds is 68. The largest absolute Gasteiger partial charge is 0.394 e. The van der Waals surface area contributed by atoms with Crippen LogP contribution in [-0.2, 0) is 33.2 Å². The zero-order chi connectivity index (χ0) is 71.8. The van der Waals surface area contributed by atoms with E-state index in [9.17, 15) is 61.0 Å². The summed E-state index contributed by atoms with van der Waals surface area (Å²) >= 11 is 0. The third kappa shape index (κ3) is 42.1. The fourth-order valence-electron chi connectivity index (χ4n) is 14.7. The molecule has 0 radical (unpaired) electrons. The highest BCUT2D eigenvalue weighted by atomic mass is 16.8. The number of aliphatic hydroxyl groups excluding tert-OH is 11. The summed E-state index contributed by atoms with van der Waals surface area (Å²) < 4.78 is 34.5. The number of carbonyl (C=O) groups excluding carboxylic acids is 1. The number of ether oxygens (including phenoxy) is 6. The first-order valence-corrected chi connectivity index (χ1v) is 41.8. The van der Waals surface area contributed by atoms with E-state index in [1.165, 1.54) is 295 Å². The third-order valence-corrected chi connectivity index (χ3v) is 21.4. The first kappa shape index (κ1) is 92.0. The molecule has 3 aliphatic heterocycles. The molecule has 12 N–H and O–H groups in total. The van der Waals surface area contributed by atoms with Crippen LogP contribution < -0.4 is 5.32 Å². The van der Waals surface area contributed by atoms with Gasteiger partial charge in [-0.2, -0.15) is 0 Å². The second-order valence-corrected chi connectivity index (χ2v) is 30.3. The zero-order valence-electron chi connectivity index (χ0n) is 63.0. The maximum atomic E-state index is 13.5. The van der Waals surface area contributed by atoms with Gasteiger partial charge < -0.3 is 89.9 Å². The molecule has 0 saturated carbocycles. The number of aliphatic hydroxyl groups is 11. The van der Waals surface area contributed by atoms with Crippen LogP contribution in [0.25, 0.3) is 0 Å².